The third-order valence-electron chi connectivity index (χ3n) is 2.31. The number of carbonyl (C=O) groups is 2. The van der Waals surface area contributed by atoms with Crippen LogP contribution in [0.2, 0.25) is 5.02 Å². The third-order valence-corrected chi connectivity index (χ3v) is 2.64. The smallest absolute Gasteiger partial charge is 0.335 e. The first-order valence-corrected chi connectivity index (χ1v) is 5.56. The number of carboxylic acid groups (broad SMARTS) is 1. The van der Waals surface area contributed by atoms with Gasteiger partial charge in [0.1, 0.15) is 0 Å². The number of hydrogen-bond acceptors (Lipinski definition) is 4. The van der Waals surface area contributed by atoms with Crippen LogP contribution in [0, 0.1) is 0 Å². The highest BCUT2D eigenvalue weighted by molar-refractivity contribution is 6.34. The van der Waals surface area contributed by atoms with E-state index in [1.165, 1.54) is 36.7 Å². The minimum atomic E-state index is -1.10. The van der Waals surface area contributed by atoms with Crippen LogP contribution >= 0.6 is 11.6 Å². The summed E-state index contributed by atoms with van der Waals surface area (Å²) in [4.78, 5) is 22.7. The number of halogens is 1. The zero-order valence-electron chi connectivity index (χ0n) is 9.50. The van der Waals surface area contributed by atoms with Gasteiger partial charge in [-0.25, -0.2) is 4.79 Å². The molecule has 2 N–H and O–H groups in total. The largest absolute Gasteiger partial charge is 0.478 e. The molecule has 19 heavy (non-hydrogen) atoms. The second-order valence-electron chi connectivity index (χ2n) is 3.59. The molecule has 7 heteroatoms. The van der Waals surface area contributed by atoms with Crippen LogP contribution in [-0.4, -0.2) is 27.2 Å². The second-order valence-corrected chi connectivity index (χ2v) is 3.99. The lowest BCUT2D eigenvalue weighted by Crippen LogP contribution is -2.13. The first-order valence-electron chi connectivity index (χ1n) is 5.19. The van der Waals surface area contributed by atoms with Crippen molar-refractivity contribution in [3.05, 3.63) is 52.8 Å². The van der Waals surface area contributed by atoms with E-state index in [1.54, 1.807) is 0 Å². The number of hydrogen-bond donors (Lipinski definition) is 2. The molecular formula is C12H8ClN3O3. The maximum Gasteiger partial charge on any atom is 0.335 e. The van der Waals surface area contributed by atoms with E-state index in [2.05, 4.69) is 15.5 Å². The lowest BCUT2D eigenvalue weighted by atomic mass is 10.2. The van der Waals surface area contributed by atoms with Crippen LogP contribution in [0.3, 0.4) is 0 Å². The second kappa shape index (κ2) is 5.45. The number of aromatic carboxylic acids is 1. The number of amides is 1. The molecule has 0 radical (unpaired) electrons. The summed E-state index contributed by atoms with van der Waals surface area (Å²) in [6.07, 6.45) is 2.68. The van der Waals surface area contributed by atoms with Gasteiger partial charge in [0.15, 0.2) is 0 Å². The molecule has 1 aromatic heterocycles. The molecule has 1 aromatic carbocycles. The van der Waals surface area contributed by atoms with Crippen LogP contribution in [0.15, 0.2) is 36.7 Å². The molecule has 0 fully saturated rings. The van der Waals surface area contributed by atoms with E-state index in [1.807, 2.05) is 0 Å². The fourth-order valence-electron chi connectivity index (χ4n) is 1.37. The van der Waals surface area contributed by atoms with Gasteiger partial charge in [-0.1, -0.05) is 11.6 Å². The van der Waals surface area contributed by atoms with E-state index in [4.69, 9.17) is 16.7 Å². The Bertz CT molecular complexity index is 631. The van der Waals surface area contributed by atoms with Crippen molar-refractivity contribution < 1.29 is 14.7 Å². The predicted octanol–water partition coefficient (Wildman–Crippen LogP) is 2.08. The Morgan fingerprint density at radius 3 is 2.58 bits per heavy atom. The lowest BCUT2D eigenvalue weighted by Gasteiger charge is -2.07. The van der Waals surface area contributed by atoms with Gasteiger partial charge in [0, 0.05) is 0 Å². The average molecular weight is 278 g/mol. The molecule has 1 amide bonds. The maximum atomic E-state index is 11.9. The van der Waals surface area contributed by atoms with E-state index in [0.29, 0.717) is 5.56 Å². The Balaban J connectivity index is 2.26. The molecule has 2 aromatic rings. The topological polar surface area (TPSA) is 92.2 Å². The van der Waals surface area contributed by atoms with Gasteiger partial charge in [-0.3, -0.25) is 4.79 Å². The van der Waals surface area contributed by atoms with Gasteiger partial charge in [0.05, 0.1) is 34.2 Å². The van der Waals surface area contributed by atoms with Crippen molar-refractivity contribution in [1.82, 2.24) is 10.2 Å². The van der Waals surface area contributed by atoms with Crippen LogP contribution < -0.4 is 5.32 Å². The van der Waals surface area contributed by atoms with Crippen molar-refractivity contribution in [3.63, 3.8) is 0 Å². The molecule has 96 valence electrons. The fraction of sp³-hybridized carbons (Fsp3) is 0. The summed E-state index contributed by atoms with van der Waals surface area (Å²) in [5.74, 6) is -1.54. The van der Waals surface area contributed by atoms with Crippen LogP contribution in [0.5, 0.6) is 0 Å². The van der Waals surface area contributed by atoms with Crippen molar-refractivity contribution in [2.75, 3.05) is 5.32 Å². The van der Waals surface area contributed by atoms with Crippen LogP contribution in [0.25, 0.3) is 0 Å². The first-order chi connectivity index (χ1) is 9.08. The Kier molecular flexibility index (Phi) is 3.72. The number of carbonyl (C=O) groups excluding carboxylic acids is 1. The van der Waals surface area contributed by atoms with E-state index < -0.39 is 11.9 Å². The molecule has 0 saturated carbocycles. The van der Waals surface area contributed by atoms with Crippen molar-refractivity contribution in [1.29, 1.82) is 0 Å². The van der Waals surface area contributed by atoms with Crippen LogP contribution in [0.4, 0.5) is 5.69 Å². The summed E-state index contributed by atoms with van der Waals surface area (Å²) in [5, 5.41) is 18.8. The van der Waals surface area contributed by atoms with Gasteiger partial charge in [-0.2, -0.15) is 10.2 Å². The minimum absolute atomic E-state index is 0.0348. The number of rotatable bonds is 3. The standard InChI is InChI=1S/C12H8ClN3O3/c13-9-2-1-7(12(18)19)5-10(9)16-11(17)8-3-4-14-15-6-8/h1-6H,(H,16,17)(H,18,19). The number of nitrogens with zero attached hydrogens (tertiary/aromatic N) is 2. The van der Waals surface area contributed by atoms with Crippen molar-refractivity contribution in [3.8, 4) is 0 Å². The molecule has 0 aliphatic heterocycles. The number of anilines is 1. The van der Waals surface area contributed by atoms with Gasteiger partial charge in [-0.15, -0.1) is 0 Å². The molecule has 0 bridgehead atoms. The van der Waals surface area contributed by atoms with Crippen molar-refractivity contribution >= 4 is 29.2 Å². The van der Waals surface area contributed by atoms with Gasteiger partial charge in [0.2, 0.25) is 0 Å². The average Bonchev–Trinajstić information content (AvgIpc) is 2.42. The van der Waals surface area contributed by atoms with Crippen molar-refractivity contribution in [2.45, 2.75) is 0 Å². The number of aromatic nitrogens is 2. The van der Waals surface area contributed by atoms with E-state index >= 15 is 0 Å². The normalized spacial score (nSPS) is 9.95. The Morgan fingerprint density at radius 1 is 1.16 bits per heavy atom. The highest BCUT2D eigenvalue weighted by Crippen LogP contribution is 2.23. The van der Waals surface area contributed by atoms with Gasteiger partial charge in [0.25, 0.3) is 5.91 Å². The van der Waals surface area contributed by atoms with E-state index in [-0.39, 0.29) is 16.3 Å². The molecule has 0 unspecified atom stereocenters. The summed E-state index contributed by atoms with van der Waals surface area (Å²) in [5.41, 5.74) is 0.558. The molecule has 0 spiro atoms. The number of carboxylic acids is 1. The fourth-order valence-corrected chi connectivity index (χ4v) is 1.54. The molecule has 1 heterocycles. The van der Waals surface area contributed by atoms with E-state index in [0.717, 1.165) is 0 Å². The summed E-state index contributed by atoms with van der Waals surface area (Å²) >= 11 is 5.90. The molecule has 2 rings (SSSR count). The zero-order chi connectivity index (χ0) is 13.8. The minimum Gasteiger partial charge on any atom is -0.478 e. The SMILES string of the molecule is O=C(O)c1ccc(Cl)c(NC(=O)c2ccnnc2)c1. The Hall–Kier alpha value is -2.47. The Labute approximate surface area is 113 Å². The predicted molar refractivity (Wildman–Crippen MR) is 68.4 cm³/mol. The summed E-state index contributed by atoms with van der Waals surface area (Å²) in [6, 6.07) is 5.54. The summed E-state index contributed by atoms with van der Waals surface area (Å²) in [6.45, 7) is 0. The van der Waals surface area contributed by atoms with Gasteiger partial charge >= 0.3 is 5.97 Å². The van der Waals surface area contributed by atoms with Crippen molar-refractivity contribution in [2.24, 2.45) is 0 Å². The molecule has 0 saturated heterocycles. The summed E-state index contributed by atoms with van der Waals surface area (Å²) < 4.78 is 0. The number of benzene rings is 1. The highest BCUT2D eigenvalue weighted by atomic mass is 35.5. The number of nitrogens with one attached hydrogen (secondary N) is 1. The monoisotopic (exact) mass is 277 g/mol. The van der Waals surface area contributed by atoms with Crippen LogP contribution in [0.1, 0.15) is 20.7 Å². The molecule has 0 aliphatic carbocycles. The molecule has 6 nitrogen and oxygen atoms in total. The molecule has 0 atom stereocenters. The maximum absolute atomic E-state index is 11.9. The highest BCUT2D eigenvalue weighted by Gasteiger charge is 2.11. The quantitative estimate of drug-likeness (QED) is 0.896. The Morgan fingerprint density at radius 2 is 1.95 bits per heavy atom. The lowest BCUT2D eigenvalue weighted by molar-refractivity contribution is 0.0696. The third kappa shape index (κ3) is 3.05. The van der Waals surface area contributed by atoms with Crippen LogP contribution in [-0.2, 0) is 0 Å². The van der Waals surface area contributed by atoms with E-state index in [9.17, 15) is 9.59 Å². The van der Waals surface area contributed by atoms with Gasteiger partial charge in [-0.05, 0) is 24.3 Å². The zero-order valence-corrected chi connectivity index (χ0v) is 10.3. The summed E-state index contributed by atoms with van der Waals surface area (Å²) in [7, 11) is 0. The molecule has 0 aliphatic rings. The van der Waals surface area contributed by atoms with Gasteiger partial charge < -0.3 is 10.4 Å². The molecular weight excluding hydrogens is 270 g/mol. The first kappa shape index (κ1) is 13.0.